The molecule has 1 saturated heterocycles. The molecule has 2 aliphatic rings. The van der Waals surface area contributed by atoms with E-state index in [4.69, 9.17) is 0 Å². The van der Waals surface area contributed by atoms with Gasteiger partial charge in [0, 0.05) is 13.0 Å². The summed E-state index contributed by atoms with van der Waals surface area (Å²) in [6.45, 7) is 2.83. The number of imide groups is 1. The Morgan fingerprint density at radius 1 is 1.41 bits per heavy atom. The van der Waals surface area contributed by atoms with Crippen molar-refractivity contribution in [1.82, 2.24) is 10.6 Å². The van der Waals surface area contributed by atoms with Crippen LogP contribution in [0.25, 0.3) is 0 Å². The van der Waals surface area contributed by atoms with Crippen molar-refractivity contribution in [3.63, 3.8) is 0 Å². The highest BCUT2D eigenvalue weighted by molar-refractivity contribution is 6.00. The van der Waals surface area contributed by atoms with E-state index in [-0.39, 0.29) is 17.9 Å². The van der Waals surface area contributed by atoms with Crippen LogP contribution in [0.4, 0.5) is 0 Å². The predicted molar refractivity (Wildman–Crippen MR) is 65.2 cm³/mol. The molecule has 1 heterocycles. The van der Waals surface area contributed by atoms with Gasteiger partial charge in [-0.25, -0.2) is 0 Å². The minimum absolute atomic E-state index is 0.163. The Hall–Kier alpha value is -1.42. The van der Waals surface area contributed by atoms with Crippen molar-refractivity contribution in [2.75, 3.05) is 6.54 Å². The molecule has 92 valence electrons. The molecule has 4 heteroatoms. The van der Waals surface area contributed by atoms with Gasteiger partial charge in [0.25, 0.3) is 0 Å². The van der Waals surface area contributed by atoms with E-state index in [1.807, 2.05) is 0 Å². The van der Waals surface area contributed by atoms with Crippen molar-refractivity contribution >= 4 is 11.8 Å². The predicted octanol–water partition coefficient (Wildman–Crippen LogP) is 1.05. The fourth-order valence-corrected chi connectivity index (χ4v) is 2.20. The highest BCUT2D eigenvalue weighted by atomic mass is 16.2. The number of hydrogen-bond donors (Lipinski definition) is 2. The third-order valence-corrected chi connectivity index (χ3v) is 3.34. The quantitative estimate of drug-likeness (QED) is 0.718. The molecule has 4 nitrogen and oxygen atoms in total. The van der Waals surface area contributed by atoms with E-state index < -0.39 is 0 Å². The van der Waals surface area contributed by atoms with Crippen LogP contribution < -0.4 is 10.6 Å². The summed E-state index contributed by atoms with van der Waals surface area (Å²) in [6, 6.07) is -0.223. The van der Waals surface area contributed by atoms with Gasteiger partial charge in [-0.3, -0.25) is 14.9 Å². The molecule has 0 radical (unpaired) electrons. The van der Waals surface area contributed by atoms with Crippen LogP contribution in [-0.4, -0.2) is 24.4 Å². The summed E-state index contributed by atoms with van der Waals surface area (Å²) < 4.78 is 0. The van der Waals surface area contributed by atoms with Crippen LogP contribution in [0.5, 0.6) is 0 Å². The molecular weight excluding hydrogens is 216 g/mol. The number of carbonyl (C=O) groups excluding carboxylic acids is 2. The topological polar surface area (TPSA) is 58.2 Å². The average molecular weight is 234 g/mol. The number of rotatable bonds is 3. The second-order valence-corrected chi connectivity index (χ2v) is 4.61. The van der Waals surface area contributed by atoms with Gasteiger partial charge in [-0.1, -0.05) is 23.3 Å². The van der Waals surface area contributed by atoms with Crippen LogP contribution in [0.3, 0.4) is 0 Å². The van der Waals surface area contributed by atoms with Gasteiger partial charge in [-0.2, -0.15) is 0 Å². The molecule has 1 atom stereocenters. The SMILES string of the molecule is CC1=C(CNC2CCC(=O)NC2=O)CCC=C1. The molecule has 0 aromatic carbocycles. The van der Waals surface area contributed by atoms with E-state index in [0.29, 0.717) is 12.8 Å². The first-order valence-electron chi connectivity index (χ1n) is 6.09. The standard InChI is InChI=1S/C13H18N2O2/c1-9-4-2-3-5-10(9)8-14-11-6-7-12(16)15-13(11)17/h2,4,11,14H,3,5-8H2,1H3,(H,15,16,17). The Kier molecular flexibility index (Phi) is 3.74. The minimum Gasteiger partial charge on any atom is -0.302 e. The fourth-order valence-electron chi connectivity index (χ4n) is 2.20. The lowest BCUT2D eigenvalue weighted by atomic mass is 9.98. The monoisotopic (exact) mass is 234 g/mol. The van der Waals surface area contributed by atoms with Crippen molar-refractivity contribution in [3.05, 3.63) is 23.3 Å². The van der Waals surface area contributed by atoms with E-state index in [2.05, 4.69) is 29.7 Å². The average Bonchev–Trinajstić information content (AvgIpc) is 2.30. The lowest BCUT2D eigenvalue weighted by molar-refractivity contribution is -0.134. The van der Waals surface area contributed by atoms with E-state index in [1.54, 1.807) is 0 Å². The number of carbonyl (C=O) groups is 2. The van der Waals surface area contributed by atoms with Gasteiger partial charge in [-0.15, -0.1) is 0 Å². The van der Waals surface area contributed by atoms with Crippen molar-refractivity contribution < 1.29 is 9.59 Å². The molecule has 0 bridgehead atoms. The Balaban J connectivity index is 1.88. The van der Waals surface area contributed by atoms with Gasteiger partial charge >= 0.3 is 0 Å². The van der Waals surface area contributed by atoms with E-state index in [9.17, 15) is 9.59 Å². The molecule has 1 aliphatic heterocycles. The molecule has 2 amide bonds. The summed E-state index contributed by atoms with van der Waals surface area (Å²) in [5, 5.41) is 5.59. The molecule has 0 aromatic rings. The molecule has 1 unspecified atom stereocenters. The Morgan fingerprint density at radius 2 is 2.24 bits per heavy atom. The minimum atomic E-state index is -0.223. The summed E-state index contributed by atoms with van der Waals surface area (Å²) in [5.41, 5.74) is 2.65. The molecule has 0 saturated carbocycles. The van der Waals surface area contributed by atoms with Gasteiger partial charge in [0.1, 0.15) is 0 Å². The lowest BCUT2D eigenvalue weighted by Gasteiger charge is -2.23. The number of nitrogens with one attached hydrogen (secondary N) is 2. The summed E-state index contributed by atoms with van der Waals surface area (Å²) in [6.07, 6.45) is 7.47. The van der Waals surface area contributed by atoms with Crippen molar-refractivity contribution in [2.45, 2.75) is 38.6 Å². The zero-order valence-electron chi connectivity index (χ0n) is 10.1. The maximum atomic E-state index is 11.5. The van der Waals surface area contributed by atoms with Gasteiger partial charge in [-0.05, 0) is 26.2 Å². The van der Waals surface area contributed by atoms with E-state index in [0.717, 1.165) is 19.4 Å². The number of piperidine rings is 1. The third-order valence-electron chi connectivity index (χ3n) is 3.34. The third kappa shape index (κ3) is 3.03. The van der Waals surface area contributed by atoms with E-state index >= 15 is 0 Å². The zero-order valence-corrected chi connectivity index (χ0v) is 10.1. The Bertz CT molecular complexity index is 396. The second kappa shape index (κ2) is 5.27. The fraction of sp³-hybridized carbons (Fsp3) is 0.538. The highest BCUT2D eigenvalue weighted by Crippen LogP contribution is 2.18. The normalized spacial score (nSPS) is 25.1. The molecule has 1 fully saturated rings. The van der Waals surface area contributed by atoms with Crippen molar-refractivity contribution in [1.29, 1.82) is 0 Å². The molecular formula is C13H18N2O2. The van der Waals surface area contributed by atoms with Crippen molar-refractivity contribution in [3.8, 4) is 0 Å². The first-order valence-corrected chi connectivity index (χ1v) is 6.09. The first-order chi connectivity index (χ1) is 8.16. The van der Waals surface area contributed by atoms with Gasteiger partial charge in [0.2, 0.25) is 11.8 Å². The summed E-state index contributed by atoms with van der Waals surface area (Å²) in [5.74, 6) is -0.352. The van der Waals surface area contributed by atoms with Crippen LogP contribution in [0, 0.1) is 0 Å². The Morgan fingerprint density at radius 3 is 2.94 bits per heavy atom. The van der Waals surface area contributed by atoms with Gasteiger partial charge in [0.15, 0.2) is 0 Å². The second-order valence-electron chi connectivity index (χ2n) is 4.61. The largest absolute Gasteiger partial charge is 0.302 e. The zero-order chi connectivity index (χ0) is 12.3. The summed E-state index contributed by atoms with van der Waals surface area (Å²) in [7, 11) is 0. The number of hydrogen-bond acceptors (Lipinski definition) is 3. The lowest BCUT2D eigenvalue weighted by Crippen LogP contribution is -2.51. The molecule has 17 heavy (non-hydrogen) atoms. The molecule has 0 aromatic heterocycles. The maximum Gasteiger partial charge on any atom is 0.243 e. The Labute approximate surface area is 101 Å². The van der Waals surface area contributed by atoms with Crippen LogP contribution in [0.1, 0.15) is 32.6 Å². The summed E-state index contributed by atoms with van der Waals surface area (Å²) in [4.78, 5) is 22.5. The summed E-state index contributed by atoms with van der Waals surface area (Å²) >= 11 is 0. The molecule has 0 spiro atoms. The molecule has 2 rings (SSSR count). The number of amides is 2. The smallest absolute Gasteiger partial charge is 0.243 e. The highest BCUT2D eigenvalue weighted by Gasteiger charge is 2.26. The van der Waals surface area contributed by atoms with E-state index in [1.165, 1.54) is 11.1 Å². The maximum absolute atomic E-state index is 11.5. The van der Waals surface area contributed by atoms with Crippen LogP contribution in [-0.2, 0) is 9.59 Å². The number of allylic oxidation sites excluding steroid dienone is 3. The van der Waals surface area contributed by atoms with Crippen LogP contribution in [0.15, 0.2) is 23.3 Å². The molecule has 2 N–H and O–H groups in total. The first kappa shape index (κ1) is 12.0. The van der Waals surface area contributed by atoms with Crippen molar-refractivity contribution in [2.24, 2.45) is 0 Å². The van der Waals surface area contributed by atoms with Gasteiger partial charge in [0.05, 0.1) is 6.04 Å². The molecule has 1 aliphatic carbocycles. The van der Waals surface area contributed by atoms with Crippen LogP contribution >= 0.6 is 0 Å². The van der Waals surface area contributed by atoms with Gasteiger partial charge < -0.3 is 5.32 Å². The van der Waals surface area contributed by atoms with Crippen LogP contribution in [0.2, 0.25) is 0 Å².